The number of hydrogen-bond donors (Lipinski definition) is 0. The van der Waals surface area contributed by atoms with Gasteiger partial charge in [0.1, 0.15) is 11.5 Å². The zero-order valence-corrected chi connectivity index (χ0v) is 16.9. The zero-order chi connectivity index (χ0) is 20.6. The van der Waals surface area contributed by atoms with Crippen molar-refractivity contribution in [2.45, 2.75) is 25.8 Å². The molecule has 7 heteroatoms. The Morgan fingerprint density at radius 3 is 2.55 bits per heavy atom. The molecule has 0 aliphatic carbocycles. The summed E-state index contributed by atoms with van der Waals surface area (Å²) in [6.07, 6.45) is 1.62. The third-order valence-electron chi connectivity index (χ3n) is 4.58. The molecule has 2 aromatic carbocycles. The Kier molecular flexibility index (Phi) is 6.84. The Balaban J connectivity index is 1.47. The summed E-state index contributed by atoms with van der Waals surface area (Å²) in [7, 11) is 5.05. The number of carbonyl (C=O) groups excluding carboxylic acids is 1. The highest BCUT2D eigenvalue weighted by Crippen LogP contribution is 2.20. The molecule has 0 aliphatic rings. The van der Waals surface area contributed by atoms with Crippen molar-refractivity contribution in [2.24, 2.45) is 0 Å². The molecule has 0 atom stereocenters. The fourth-order valence-electron chi connectivity index (χ4n) is 2.93. The number of benzene rings is 2. The highest BCUT2D eigenvalue weighted by Gasteiger charge is 2.12. The maximum atomic E-state index is 12.4. The van der Waals surface area contributed by atoms with Crippen molar-refractivity contribution in [1.82, 2.24) is 15.0 Å². The fraction of sp³-hybridized carbons (Fsp3) is 0.318. The van der Waals surface area contributed by atoms with E-state index in [1.807, 2.05) is 48.5 Å². The third kappa shape index (κ3) is 5.57. The van der Waals surface area contributed by atoms with Gasteiger partial charge in [-0.05, 0) is 48.4 Å². The van der Waals surface area contributed by atoms with E-state index in [-0.39, 0.29) is 5.91 Å². The molecule has 0 saturated carbocycles. The quantitative estimate of drug-likeness (QED) is 0.549. The smallest absolute Gasteiger partial charge is 0.226 e. The van der Waals surface area contributed by atoms with Crippen molar-refractivity contribution in [3.63, 3.8) is 0 Å². The van der Waals surface area contributed by atoms with Gasteiger partial charge in [-0.3, -0.25) is 4.79 Å². The van der Waals surface area contributed by atoms with Crippen molar-refractivity contribution < 1.29 is 18.8 Å². The highest BCUT2D eigenvalue weighted by molar-refractivity contribution is 5.75. The number of nitrogens with zero attached hydrogens (tertiary/aromatic N) is 3. The number of amides is 1. The standard InChI is InChI=1S/C22H25N3O4/c1-25(15-16-6-4-7-19(14-16)28-3)21(26)9-5-8-20-23-22(24-29-20)17-10-12-18(27-2)13-11-17/h4,6-7,10-14H,5,8-9,15H2,1-3H3. The van der Waals surface area contributed by atoms with E-state index in [1.54, 1.807) is 26.2 Å². The molecular formula is C22H25N3O4. The summed E-state index contributed by atoms with van der Waals surface area (Å²) >= 11 is 0. The van der Waals surface area contributed by atoms with E-state index >= 15 is 0 Å². The normalized spacial score (nSPS) is 10.6. The van der Waals surface area contributed by atoms with Crippen LogP contribution in [0.1, 0.15) is 24.3 Å². The lowest BCUT2D eigenvalue weighted by molar-refractivity contribution is -0.130. The number of methoxy groups -OCH3 is 2. The molecule has 0 spiro atoms. The topological polar surface area (TPSA) is 77.7 Å². The lowest BCUT2D eigenvalue weighted by Crippen LogP contribution is -2.26. The van der Waals surface area contributed by atoms with Crippen LogP contribution < -0.4 is 9.47 Å². The van der Waals surface area contributed by atoms with Crippen molar-refractivity contribution in [1.29, 1.82) is 0 Å². The maximum Gasteiger partial charge on any atom is 0.226 e. The van der Waals surface area contributed by atoms with E-state index in [4.69, 9.17) is 14.0 Å². The third-order valence-corrected chi connectivity index (χ3v) is 4.58. The van der Waals surface area contributed by atoms with Crippen LogP contribution in [0.15, 0.2) is 53.1 Å². The molecule has 1 heterocycles. The number of aryl methyl sites for hydroxylation is 1. The molecule has 0 radical (unpaired) electrons. The number of carbonyl (C=O) groups is 1. The van der Waals surface area contributed by atoms with E-state index in [2.05, 4.69) is 10.1 Å². The Morgan fingerprint density at radius 2 is 1.83 bits per heavy atom. The molecule has 1 aromatic heterocycles. The minimum absolute atomic E-state index is 0.0720. The van der Waals surface area contributed by atoms with Crippen LogP contribution in [-0.4, -0.2) is 42.2 Å². The molecule has 0 aliphatic heterocycles. The second kappa shape index (κ2) is 9.73. The molecule has 1 amide bonds. The first kappa shape index (κ1) is 20.4. The molecule has 0 unspecified atom stereocenters. The van der Waals surface area contributed by atoms with Crippen LogP contribution in [0.5, 0.6) is 11.5 Å². The van der Waals surface area contributed by atoms with Crippen LogP contribution in [0.2, 0.25) is 0 Å². The first-order chi connectivity index (χ1) is 14.1. The fourth-order valence-corrected chi connectivity index (χ4v) is 2.93. The predicted octanol–water partition coefficient (Wildman–Crippen LogP) is 3.74. The summed E-state index contributed by atoms with van der Waals surface area (Å²) in [6.45, 7) is 0.540. The Hall–Kier alpha value is -3.35. The van der Waals surface area contributed by atoms with Crippen LogP contribution in [0.25, 0.3) is 11.4 Å². The molecule has 0 bridgehead atoms. The van der Waals surface area contributed by atoms with Crippen LogP contribution in [-0.2, 0) is 17.8 Å². The maximum absolute atomic E-state index is 12.4. The van der Waals surface area contributed by atoms with Gasteiger partial charge in [0, 0.05) is 32.0 Å². The largest absolute Gasteiger partial charge is 0.497 e. The van der Waals surface area contributed by atoms with Gasteiger partial charge in [0.05, 0.1) is 14.2 Å². The minimum atomic E-state index is 0.0720. The van der Waals surface area contributed by atoms with Gasteiger partial charge in [-0.2, -0.15) is 4.98 Å². The van der Waals surface area contributed by atoms with Gasteiger partial charge in [0.25, 0.3) is 0 Å². The van der Waals surface area contributed by atoms with Crippen LogP contribution in [0, 0.1) is 0 Å². The van der Waals surface area contributed by atoms with E-state index < -0.39 is 0 Å². The summed E-state index contributed by atoms with van der Waals surface area (Å²) in [5.41, 5.74) is 1.89. The Morgan fingerprint density at radius 1 is 1.07 bits per heavy atom. The molecule has 3 rings (SSSR count). The van der Waals surface area contributed by atoms with Gasteiger partial charge in [-0.1, -0.05) is 17.3 Å². The molecule has 0 N–H and O–H groups in total. The van der Waals surface area contributed by atoms with Gasteiger partial charge in [-0.15, -0.1) is 0 Å². The SMILES string of the molecule is COc1ccc(-c2noc(CCCC(=O)N(C)Cc3cccc(OC)c3)n2)cc1. The summed E-state index contributed by atoms with van der Waals surface area (Å²) in [5, 5.41) is 4.01. The lowest BCUT2D eigenvalue weighted by Gasteiger charge is -2.17. The van der Waals surface area contributed by atoms with Crippen molar-refractivity contribution in [3.05, 3.63) is 60.0 Å². The first-order valence-electron chi connectivity index (χ1n) is 9.43. The van der Waals surface area contributed by atoms with E-state index in [1.165, 1.54) is 0 Å². The minimum Gasteiger partial charge on any atom is -0.497 e. The number of ether oxygens (including phenoxy) is 2. The van der Waals surface area contributed by atoms with E-state index in [0.29, 0.717) is 37.5 Å². The van der Waals surface area contributed by atoms with Crippen LogP contribution in [0.4, 0.5) is 0 Å². The second-order valence-electron chi connectivity index (χ2n) is 6.70. The number of rotatable bonds is 9. The van der Waals surface area contributed by atoms with E-state index in [9.17, 15) is 4.79 Å². The monoisotopic (exact) mass is 395 g/mol. The van der Waals surface area contributed by atoms with Gasteiger partial charge < -0.3 is 18.9 Å². The first-order valence-corrected chi connectivity index (χ1v) is 9.43. The van der Waals surface area contributed by atoms with Gasteiger partial charge in [-0.25, -0.2) is 0 Å². The van der Waals surface area contributed by atoms with Crippen molar-refractivity contribution >= 4 is 5.91 Å². The van der Waals surface area contributed by atoms with Crippen molar-refractivity contribution in [2.75, 3.05) is 21.3 Å². The van der Waals surface area contributed by atoms with Gasteiger partial charge in [0.15, 0.2) is 0 Å². The number of hydrogen-bond acceptors (Lipinski definition) is 6. The molecule has 0 saturated heterocycles. The summed E-state index contributed by atoms with van der Waals surface area (Å²) in [5.74, 6) is 2.69. The molecular weight excluding hydrogens is 370 g/mol. The van der Waals surface area contributed by atoms with Crippen molar-refractivity contribution in [3.8, 4) is 22.9 Å². The average molecular weight is 395 g/mol. The summed E-state index contributed by atoms with van der Waals surface area (Å²) in [4.78, 5) is 18.5. The highest BCUT2D eigenvalue weighted by atomic mass is 16.5. The Bertz CT molecular complexity index is 937. The lowest BCUT2D eigenvalue weighted by atomic mass is 10.2. The molecule has 7 nitrogen and oxygen atoms in total. The number of aromatic nitrogens is 2. The van der Waals surface area contributed by atoms with Gasteiger partial charge >= 0.3 is 0 Å². The molecule has 152 valence electrons. The molecule has 3 aromatic rings. The second-order valence-corrected chi connectivity index (χ2v) is 6.70. The van der Waals surface area contributed by atoms with Crippen LogP contribution >= 0.6 is 0 Å². The van der Waals surface area contributed by atoms with Gasteiger partial charge in [0.2, 0.25) is 17.6 Å². The zero-order valence-electron chi connectivity index (χ0n) is 16.9. The summed E-state index contributed by atoms with van der Waals surface area (Å²) < 4.78 is 15.7. The molecule has 29 heavy (non-hydrogen) atoms. The molecule has 0 fully saturated rings. The van der Waals surface area contributed by atoms with Crippen LogP contribution in [0.3, 0.4) is 0 Å². The average Bonchev–Trinajstić information content (AvgIpc) is 3.22. The Labute approximate surface area is 170 Å². The van der Waals surface area contributed by atoms with E-state index in [0.717, 1.165) is 22.6 Å². The summed E-state index contributed by atoms with van der Waals surface area (Å²) in [6, 6.07) is 15.2. The predicted molar refractivity (Wildman–Crippen MR) is 109 cm³/mol.